The minimum absolute atomic E-state index is 0.958. The Hall–Kier alpha value is -0.710. The summed E-state index contributed by atoms with van der Waals surface area (Å²) in [5.41, 5.74) is 0. The smallest absolute Gasteiger partial charge is 0.317 e. The number of aliphatic carboxylic acids is 2. The van der Waals surface area contributed by atoms with E-state index in [1.807, 2.05) is 0 Å². The molecule has 0 aliphatic heterocycles. The Labute approximate surface area is 63.3 Å². The lowest BCUT2D eigenvalue weighted by atomic mass is 10.1. The third-order valence-corrected chi connectivity index (χ3v) is 1.78. The Balaban J connectivity index is 4.07. The van der Waals surface area contributed by atoms with Gasteiger partial charge in [-0.1, -0.05) is 6.92 Å². The number of carboxylic acids is 2. The molecule has 5 heteroatoms. The Morgan fingerprint density at radius 3 is 1.80 bits per heavy atom. The molecule has 0 amide bonds. The zero-order valence-corrected chi connectivity index (χ0v) is 6.21. The first-order chi connectivity index (χ1) is 4.46. The maximum Gasteiger partial charge on any atom is 0.317 e. The van der Waals surface area contributed by atoms with Crippen molar-refractivity contribution in [2.75, 3.05) is 0 Å². The van der Waals surface area contributed by atoms with Crippen molar-refractivity contribution in [1.82, 2.24) is 0 Å². The summed E-state index contributed by atoms with van der Waals surface area (Å²) in [6.07, 6.45) is 0. The Morgan fingerprint density at radius 2 is 1.70 bits per heavy atom. The molecule has 0 radical (unpaired) electrons. The SMILES string of the molecule is C[C@H](C(=O)O)[C@H](S)C(=O)O. The molecule has 10 heavy (non-hydrogen) atoms. The van der Waals surface area contributed by atoms with Gasteiger partial charge in [0.15, 0.2) is 0 Å². The van der Waals surface area contributed by atoms with Crippen LogP contribution in [0.5, 0.6) is 0 Å². The molecular formula is C5H8O4S. The average molecular weight is 164 g/mol. The van der Waals surface area contributed by atoms with E-state index in [0.717, 1.165) is 0 Å². The van der Waals surface area contributed by atoms with Crippen LogP contribution in [0.1, 0.15) is 6.92 Å². The Morgan fingerprint density at radius 1 is 1.30 bits per heavy atom. The van der Waals surface area contributed by atoms with Crippen molar-refractivity contribution in [3.63, 3.8) is 0 Å². The predicted molar refractivity (Wildman–Crippen MR) is 37.2 cm³/mol. The Kier molecular flexibility index (Phi) is 3.21. The van der Waals surface area contributed by atoms with Crippen molar-refractivity contribution in [2.24, 2.45) is 5.92 Å². The number of rotatable bonds is 3. The predicted octanol–water partition coefficient (Wildman–Crippen LogP) is 0.0901. The summed E-state index contributed by atoms with van der Waals surface area (Å²) in [5, 5.41) is 15.4. The summed E-state index contributed by atoms with van der Waals surface area (Å²) in [7, 11) is 0. The first kappa shape index (κ1) is 9.29. The highest BCUT2D eigenvalue weighted by Crippen LogP contribution is 2.09. The fourth-order valence-electron chi connectivity index (χ4n) is 0.349. The quantitative estimate of drug-likeness (QED) is 0.517. The molecule has 0 spiro atoms. The number of carboxylic acid groups (broad SMARTS) is 2. The second-order valence-electron chi connectivity index (χ2n) is 1.91. The van der Waals surface area contributed by atoms with Crippen LogP contribution in [-0.4, -0.2) is 27.4 Å². The van der Waals surface area contributed by atoms with E-state index in [0.29, 0.717) is 0 Å². The van der Waals surface area contributed by atoms with E-state index in [2.05, 4.69) is 12.6 Å². The molecule has 0 unspecified atom stereocenters. The van der Waals surface area contributed by atoms with Crippen LogP contribution in [-0.2, 0) is 9.59 Å². The minimum atomic E-state index is -1.21. The third kappa shape index (κ3) is 2.26. The second kappa shape index (κ2) is 3.46. The van der Waals surface area contributed by atoms with Crippen LogP contribution in [0, 0.1) is 5.92 Å². The molecule has 0 aliphatic carbocycles. The van der Waals surface area contributed by atoms with Crippen molar-refractivity contribution in [1.29, 1.82) is 0 Å². The van der Waals surface area contributed by atoms with Gasteiger partial charge in [0.2, 0.25) is 0 Å². The lowest BCUT2D eigenvalue weighted by Crippen LogP contribution is -2.28. The summed E-state index contributed by atoms with van der Waals surface area (Å²) >= 11 is 3.58. The molecule has 0 saturated heterocycles. The summed E-state index contributed by atoms with van der Waals surface area (Å²) in [4.78, 5) is 20.2. The molecule has 0 aliphatic rings. The van der Waals surface area contributed by atoms with Crippen LogP contribution in [0.4, 0.5) is 0 Å². The molecule has 0 rings (SSSR count). The first-order valence-corrected chi connectivity index (χ1v) is 3.12. The monoisotopic (exact) mass is 164 g/mol. The zero-order chi connectivity index (χ0) is 8.31. The highest BCUT2D eigenvalue weighted by Gasteiger charge is 2.25. The Bertz CT molecular complexity index is 138. The summed E-state index contributed by atoms with van der Waals surface area (Å²) in [6.45, 7) is 1.30. The van der Waals surface area contributed by atoms with E-state index in [1.165, 1.54) is 6.92 Å². The van der Waals surface area contributed by atoms with Gasteiger partial charge in [-0.25, -0.2) is 0 Å². The zero-order valence-electron chi connectivity index (χ0n) is 5.31. The fourth-order valence-corrected chi connectivity index (χ4v) is 0.476. The maximum absolute atomic E-state index is 10.1. The third-order valence-electron chi connectivity index (χ3n) is 1.12. The van der Waals surface area contributed by atoms with Crippen molar-refractivity contribution < 1.29 is 19.8 Å². The molecule has 0 aromatic heterocycles. The molecule has 0 aromatic rings. The van der Waals surface area contributed by atoms with E-state index < -0.39 is 23.1 Å². The summed E-state index contributed by atoms with van der Waals surface area (Å²) < 4.78 is 0. The van der Waals surface area contributed by atoms with Crippen molar-refractivity contribution in [2.45, 2.75) is 12.2 Å². The van der Waals surface area contributed by atoms with Gasteiger partial charge in [-0.15, -0.1) is 0 Å². The van der Waals surface area contributed by atoms with Crippen LogP contribution >= 0.6 is 12.6 Å². The number of thiol groups is 1. The number of hydrogen-bond acceptors (Lipinski definition) is 3. The van der Waals surface area contributed by atoms with E-state index in [1.54, 1.807) is 0 Å². The van der Waals surface area contributed by atoms with Crippen molar-refractivity contribution in [3.8, 4) is 0 Å². The summed E-state index contributed by atoms with van der Waals surface area (Å²) in [5.74, 6) is -3.32. The molecular weight excluding hydrogens is 156 g/mol. The van der Waals surface area contributed by atoms with E-state index >= 15 is 0 Å². The van der Waals surface area contributed by atoms with Crippen LogP contribution in [0.3, 0.4) is 0 Å². The van der Waals surface area contributed by atoms with Crippen LogP contribution < -0.4 is 0 Å². The largest absolute Gasteiger partial charge is 0.481 e. The van der Waals surface area contributed by atoms with E-state index in [-0.39, 0.29) is 0 Å². The van der Waals surface area contributed by atoms with Crippen LogP contribution in [0.15, 0.2) is 0 Å². The maximum atomic E-state index is 10.1. The molecule has 0 heterocycles. The average Bonchev–Trinajstić information content (AvgIpc) is 1.84. The van der Waals surface area contributed by atoms with Crippen molar-refractivity contribution in [3.05, 3.63) is 0 Å². The van der Waals surface area contributed by atoms with E-state index in [4.69, 9.17) is 10.2 Å². The van der Waals surface area contributed by atoms with Gasteiger partial charge in [0, 0.05) is 0 Å². The normalized spacial score (nSPS) is 15.8. The lowest BCUT2D eigenvalue weighted by Gasteiger charge is -2.08. The number of hydrogen-bond donors (Lipinski definition) is 3. The highest BCUT2D eigenvalue weighted by atomic mass is 32.1. The molecule has 2 atom stereocenters. The molecule has 58 valence electrons. The van der Waals surface area contributed by atoms with Gasteiger partial charge < -0.3 is 10.2 Å². The molecule has 0 saturated carbocycles. The molecule has 0 fully saturated rings. The van der Waals surface area contributed by atoms with E-state index in [9.17, 15) is 9.59 Å². The van der Waals surface area contributed by atoms with Gasteiger partial charge in [0.25, 0.3) is 0 Å². The molecule has 0 bridgehead atoms. The lowest BCUT2D eigenvalue weighted by molar-refractivity contribution is -0.146. The second-order valence-corrected chi connectivity index (χ2v) is 2.47. The topological polar surface area (TPSA) is 74.6 Å². The fraction of sp³-hybridized carbons (Fsp3) is 0.600. The number of carbonyl (C=O) groups is 2. The molecule has 0 aromatic carbocycles. The van der Waals surface area contributed by atoms with Gasteiger partial charge in [-0.3, -0.25) is 9.59 Å². The van der Waals surface area contributed by atoms with Gasteiger partial charge >= 0.3 is 11.9 Å². The van der Waals surface area contributed by atoms with Gasteiger partial charge in [0.05, 0.1) is 5.92 Å². The van der Waals surface area contributed by atoms with Gasteiger partial charge in [-0.05, 0) is 0 Å². The molecule has 4 nitrogen and oxygen atoms in total. The standard InChI is InChI=1S/C5H8O4S/c1-2(4(6)7)3(10)5(8)9/h2-3,10H,1H3,(H,6,7)(H,8,9)/t2-,3-/m0/s1. The van der Waals surface area contributed by atoms with Gasteiger partial charge in [0.1, 0.15) is 5.25 Å². The van der Waals surface area contributed by atoms with Gasteiger partial charge in [-0.2, -0.15) is 12.6 Å². The highest BCUT2D eigenvalue weighted by molar-refractivity contribution is 7.81. The van der Waals surface area contributed by atoms with Crippen molar-refractivity contribution >= 4 is 24.6 Å². The minimum Gasteiger partial charge on any atom is -0.481 e. The van der Waals surface area contributed by atoms with Crippen LogP contribution in [0.2, 0.25) is 0 Å². The molecule has 2 N–H and O–H groups in total. The van der Waals surface area contributed by atoms with Crippen LogP contribution in [0.25, 0.3) is 0 Å². The first-order valence-electron chi connectivity index (χ1n) is 2.60. The summed E-state index contributed by atoms with van der Waals surface area (Å²) in [6, 6.07) is 0.